The topological polar surface area (TPSA) is 141 Å². The van der Waals surface area contributed by atoms with Crippen LogP contribution in [-0.4, -0.2) is 45.9 Å². The Morgan fingerprint density at radius 2 is 1.63 bits per heavy atom. The summed E-state index contributed by atoms with van der Waals surface area (Å²) in [4.78, 5) is 8.97. The zero-order chi connectivity index (χ0) is 25.4. The number of anilines is 2. The normalized spacial score (nSPS) is 12.0. The van der Waals surface area contributed by atoms with Gasteiger partial charge in [-0.1, -0.05) is 25.1 Å². The van der Waals surface area contributed by atoms with Crippen LogP contribution in [0, 0.1) is 0 Å². The fourth-order valence-electron chi connectivity index (χ4n) is 3.66. The fourth-order valence-corrected chi connectivity index (χ4v) is 5.09. The Bertz CT molecular complexity index is 1640. The van der Waals surface area contributed by atoms with Gasteiger partial charge >= 0.3 is 0 Å². The van der Waals surface area contributed by atoms with Crippen molar-refractivity contribution in [2.75, 3.05) is 29.6 Å². The molecule has 3 N–H and O–H groups in total. The number of aromatic nitrogens is 2. The number of nitrogens with zero attached hydrogens (tertiary/aromatic N) is 2. The highest BCUT2D eigenvalue weighted by molar-refractivity contribution is 7.92. The van der Waals surface area contributed by atoms with Crippen molar-refractivity contribution in [1.29, 1.82) is 0 Å². The van der Waals surface area contributed by atoms with Gasteiger partial charge in [0.25, 0.3) is 0 Å². The van der Waals surface area contributed by atoms with Gasteiger partial charge in [-0.15, -0.1) is 0 Å². The van der Waals surface area contributed by atoms with Gasteiger partial charge in [0.1, 0.15) is 11.5 Å². The second kappa shape index (κ2) is 9.16. The number of rotatable bonds is 7. The molecule has 2 aromatic heterocycles. The predicted molar refractivity (Wildman–Crippen MR) is 138 cm³/mol. The van der Waals surface area contributed by atoms with Crippen molar-refractivity contribution in [1.82, 2.24) is 9.97 Å². The van der Waals surface area contributed by atoms with Crippen molar-refractivity contribution in [3.63, 3.8) is 0 Å². The van der Waals surface area contributed by atoms with Crippen molar-refractivity contribution in [2.45, 2.75) is 11.8 Å². The Balaban J connectivity index is 1.77. The third-order valence-corrected chi connectivity index (χ3v) is 7.76. The van der Waals surface area contributed by atoms with Gasteiger partial charge in [0.15, 0.2) is 9.84 Å². The zero-order valence-electron chi connectivity index (χ0n) is 19.3. The summed E-state index contributed by atoms with van der Waals surface area (Å²) in [6.07, 6.45) is 2.64. The largest absolute Gasteiger partial charge is 0.480 e. The fraction of sp³-hybridized carbons (Fsp3) is 0.167. The smallest absolute Gasteiger partial charge is 0.238 e. The minimum Gasteiger partial charge on any atom is -0.480 e. The summed E-state index contributed by atoms with van der Waals surface area (Å²) in [6, 6.07) is 15.6. The van der Waals surface area contributed by atoms with Gasteiger partial charge in [0, 0.05) is 22.7 Å². The van der Waals surface area contributed by atoms with Gasteiger partial charge in [-0.25, -0.2) is 26.8 Å². The monoisotopic (exact) mass is 512 g/mol. The van der Waals surface area contributed by atoms with Crippen molar-refractivity contribution < 1.29 is 21.6 Å². The Kier molecular flexibility index (Phi) is 6.39. The summed E-state index contributed by atoms with van der Waals surface area (Å²) in [5, 5.41) is 0.797. The first-order valence-electron chi connectivity index (χ1n) is 10.6. The molecular weight excluding hydrogens is 488 g/mol. The number of pyridine rings is 2. The van der Waals surface area contributed by atoms with Crippen molar-refractivity contribution in [3.8, 4) is 28.1 Å². The highest BCUT2D eigenvalue weighted by Gasteiger charge is 2.15. The number of nitrogen functional groups attached to an aromatic ring is 1. The number of sulfonamides is 1. The van der Waals surface area contributed by atoms with Gasteiger partial charge in [0.2, 0.25) is 15.9 Å². The summed E-state index contributed by atoms with van der Waals surface area (Å²) in [5.41, 5.74) is 9.98. The molecule has 11 heteroatoms. The zero-order valence-corrected chi connectivity index (χ0v) is 20.9. The van der Waals surface area contributed by atoms with Crippen molar-refractivity contribution in [3.05, 3.63) is 60.8 Å². The maximum Gasteiger partial charge on any atom is 0.238 e. The van der Waals surface area contributed by atoms with Crippen molar-refractivity contribution >= 4 is 42.3 Å². The summed E-state index contributed by atoms with van der Waals surface area (Å²) in [6.45, 7) is 1.60. The van der Waals surface area contributed by atoms with Crippen LogP contribution >= 0.6 is 0 Å². The van der Waals surface area contributed by atoms with E-state index in [0.29, 0.717) is 22.5 Å². The molecule has 0 spiro atoms. The maximum atomic E-state index is 12.1. The number of benzene rings is 2. The summed E-state index contributed by atoms with van der Waals surface area (Å²) in [5.74, 6) is 0.503. The van der Waals surface area contributed by atoms with Crippen LogP contribution < -0.4 is 15.2 Å². The highest BCUT2D eigenvalue weighted by Crippen LogP contribution is 2.33. The van der Waals surface area contributed by atoms with Crippen LogP contribution in [0.5, 0.6) is 5.88 Å². The van der Waals surface area contributed by atoms with Crippen LogP contribution in [0.25, 0.3) is 33.2 Å². The molecule has 4 rings (SSSR count). The highest BCUT2D eigenvalue weighted by atomic mass is 32.2. The quantitative estimate of drug-likeness (QED) is 0.382. The van der Waals surface area contributed by atoms with E-state index in [0.717, 1.165) is 22.8 Å². The number of nitrogens with one attached hydrogen (secondary N) is 1. The SMILES string of the molecule is CCS(=O)(=O)c1ccc(-c2cc3cc(-c4cnc(OC)c(NS(C)(=O)=O)c4)ccc3nc2N)cc1. The van der Waals surface area contributed by atoms with E-state index in [4.69, 9.17) is 10.5 Å². The molecule has 35 heavy (non-hydrogen) atoms. The molecule has 0 aliphatic rings. The lowest BCUT2D eigenvalue weighted by Gasteiger charge is -2.12. The molecule has 182 valence electrons. The van der Waals surface area contributed by atoms with Crippen LogP contribution in [0.4, 0.5) is 11.5 Å². The number of methoxy groups -OCH3 is 1. The van der Waals surface area contributed by atoms with Crippen LogP contribution in [-0.2, 0) is 19.9 Å². The van der Waals surface area contributed by atoms with E-state index in [1.54, 1.807) is 43.5 Å². The predicted octanol–water partition coefficient (Wildman–Crippen LogP) is 3.72. The maximum absolute atomic E-state index is 12.1. The van der Waals surface area contributed by atoms with E-state index in [1.165, 1.54) is 7.11 Å². The lowest BCUT2D eigenvalue weighted by molar-refractivity contribution is 0.400. The van der Waals surface area contributed by atoms with Crippen LogP contribution in [0.15, 0.2) is 65.7 Å². The van der Waals surface area contributed by atoms with E-state index in [1.807, 2.05) is 24.3 Å². The van der Waals surface area contributed by atoms with Gasteiger partial charge in [-0.05, 0) is 47.5 Å². The summed E-state index contributed by atoms with van der Waals surface area (Å²) in [7, 11) is -5.42. The van der Waals surface area contributed by atoms with Crippen LogP contribution in [0.2, 0.25) is 0 Å². The Morgan fingerprint density at radius 1 is 0.943 bits per heavy atom. The van der Waals surface area contributed by atoms with E-state index in [9.17, 15) is 16.8 Å². The summed E-state index contributed by atoms with van der Waals surface area (Å²) >= 11 is 0. The molecule has 0 bridgehead atoms. The first-order valence-corrected chi connectivity index (χ1v) is 14.1. The van der Waals surface area contributed by atoms with Crippen LogP contribution in [0.1, 0.15) is 6.92 Å². The van der Waals surface area contributed by atoms with Crippen molar-refractivity contribution in [2.24, 2.45) is 0 Å². The number of hydrogen-bond acceptors (Lipinski definition) is 8. The van der Waals surface area contributed by atoms with Gasteiger partial charge in [-0.3, -0.25) is 4.72 Å². The minimum atomic E-state index is -3.53. The number of sulfone groups is 1. The second-order valence-electron chi connectivity index (χ2n) is 7.91. The minimum absolute atomic E-state index is 0.0242. The standard InChI is InChI=1S/C24H24N4O5S2/c1-4-35(31,32)19-8-5-15(6-9-19)20-12-17-11-16(7-10-21(17)27-23(20)25)18-13-22(28-34(3,29)30)24(33-2)26-14-18/h5-14,28H,4H2,1-3H3,(H2,25,27). The van der Waals surface area contributed by atoms with Crippen LogP contribution in [0.3, 0.4) is 0 Å². The molecule has 0 fully saturated rings. The molecule has 0 aliphatic heterocycles. The Hall–Kier alpha value is -3.70. The summed E-state index contributed by atoms with van der Waals surface area (Å²) < 4.78 is 55.3. The molecule has 0 saturated carbocycles. The van der Waals surface area contributed by atoms with Gasteiger partial charge in [-0.2, -0.15) is 0 Å². The molecule has 4 aromatic rings. The molecule has 0 saturated heterocycles. The molecule has 0 aliphatic carbocycles. The Labute approximate surface area is 204 Å². The van der Waals surface area contributed by atoms with E-state index in [2.05, 4.69) is 14.7 Å². The number of ether oxygens (including phenoxy) is 1. The van der Waals surface area contributed by atoms with E-state index in [-0.39, 0.29) is 22.2 Å². The first kappa shape index (κ1) is 24.4. The first-order chi connectivity index (χ1) is 16.5. The molecule has 0 unspecified atom stereocenters. The lowest BCUT2D eigenvalue weighted by Crippen LogP contribution is -2.11. The molecule has 0 atom stereocenters. The molecule has 0 amide bonds. The molecule has 0 radical (unpaired) electrons. The second-order valence-corrected chi connectivity index (χ2v) is 11.9. The average molecular weight is 513 g/mol. The Morgan fingerprint density at radius 3 is 2.26 bits per heavy atom. The molecular formula is C24H24N4O5S2. The molecule has 2 aromatic carbocycles. The molecule has 9 nitrogen and oxygen atoms in total. The average Bonchev–Trinajstić information content (AvgIpc) is 2.82. The van der Waals surface area contributed by atoms with Gasteiger partial charge in [0.05, 0.1) is 29.5 Å². The number of nitrogens with two attached hydrogens (primary N) is 1. The molecule has 2 heterocycles. The lowest BCUT2D eigenvalue weighted by atomic mass is 10.0. The third-order valence-electron chi connectivity index (χ3n) is 5.42. The van der Waals surface area contributed by atoms with E-state index < -0.39 is 19.9 Å². The third kappa shape index (κ3) is 5.20. The van der Waals surface area contributed by atoms with Gasteiger partial charge < -0.3 is 10.5 Å². The number of hydrogen-bond donors (Lipinski definition) is 2. The van der Waals surface area contributed by atoms with E-state index >= 15 is 0 Å². The number of fused-ring (bicyclic) bond motifs is 1.